The van der Waals surface area contributed by atoms with Crippen molar-refractivity contribution in [2.45, 2.75) is 0 Å². The number of para-hydroxylation sites is 1. The lowest BCUT2D eigenvalue weighted by molar-refractivity contribution is -0.384. The average Bonchev–Trinajstić information content (AvgIpc) is 2.80. The SMILES string of the molecule is O=C(COc1c(Br)cc(/C=N/NC(=O)c2cccc([N+](=O)[O-])c2)cc1Br)Nc1ccccc1Cl. The van der Waals surface area contributed by atoms with Gasteiger partial charge in [-0.2, -0.15) is 5.10 Å². The molecule has 0 heterocycles. The van der Waals surface area contributed by atoms with Gasteiger partial charge in [-0.1, -0.05) is 29.8 Å². The first-order valence-corrected chi connectivity index (χ1v) is 11.4. The lowest BCUT2D eigenvalue weighted by Gasteiger charge is -2.12. The number of amides is 2. The number of hydrazone groups is 1. The van der Waals surface area contributed by atoms with Crippen LogP contribution in [0.2, 0.25) is 5.02 Å². The summed E-state index contributed by atoms with van der Waals surface area (Å²) >= 11 is 12.8. The molecule has 34 heavy (non-hydrogen) atoms. The highest BCUT2D eigenvalue weighted by molar-refractivity contribution is 9.11. The molecule has 0 radical (unpaired) electrons. The predicted octanol–water partition coefficient (Wildman–Crippen LogP) is 5.55. The summed E-state index contributed by atoms with van der Waals surface area (Å²) in [6, 6.07) is 15.5. The Morgan fingerprint density at radius 2 is 1.79 bits per heavy atom. The van der Waals surface area contributed by atoms with Crippen molar-refractivity contribution < 1.29 is 19.2 Å². The van der Waals surface area contributed by atoms with Gasteiger partial charge in [-0.25, -0.2) is 5.43 Å². The van der Waals surface area contributed by atoms with Crippen LogP contribution in [0.25, 0.3) is 0 Å². The lowest BCUT2D eigenvalue weighted by atomic mass is 10.2. The van der Waals surface area contributed by atoms with E-state index < -0.39 is 10.8 Å². The molecule has 0 aliphatic carbocycles. The molecule has 0 spiro atoms. The van der Waals surface area contributed by atoms with Crippen molar-refractivity contribution in [3.8, 4) is 5.75 Å². The summed E-state index contributed by atoms with van der Waals surface area (Å²) < 4.78 is 6.69. The molecule has 0 bridgehead atoms. The minimum Gasteiger partial charge on any atom is -0.481 e. The second-order valence-electron chi connectivity index (χ2n) is 6.64. The molecule has 3 aromatic carbocycles. The second kappa shape index (κ2) is 11.7. The summed E-state index contributed by atoms with van der Waals surface area (Å²) in [5.74, 6) is -0.587. The molecule has 0 saturated heterocycles. The fourth-order valence-corrected chi connectivity index (χ4v) is 4.30. The second-order valence-corrected chi connectivity index (χ2v) is 8.75. The number of nitro groups is 1. The normalized spacial score (nSPS) is 10.7. The van der Waals surface area contributed by atoms with Gasteiger partial charge in [-0.3, -0.25) is 19.7 Å². The first-order chi connectivity index (χ1) is 16.2. The third kappa shape index (κ3) is 6.86. The molecule has 0 fully saturated rings. The van der Waals surface area contributed by atoms with Gasteiger partial charge in [0.05, 0.1) is 30.8 Å². The number of hydrogen-bond acceptors (Lipinski definition) is 6. The maximum Gasteiger partial charge on any atom is 0.271 e. The molecule has 174 valence electrons. The summed E-state index contributed by atoms with van der Waals surface area (Å²) in [4.78, 5) is 34.6. The number of nitrogens with one attached hydrogen (secondary N) is 2. The smallest absolute Gasteiger partial charge is 0.271 e. The van der Waals surface area contributed by atoms with E-state index >= 15 is 0 Å². The van der Waals surface area contributed by atoms with Crippen LogP contribution in [0.5, 0.6) is 5.75 Å². The standard InChI is InChI=1S/C22H15Br2ClN4O5/c23-16-8-13(11-26-28-22(31)14-4-3-5-15(10-14)29(32)33)9-17(24)21(16)34-12-20(30)27-19-7-2-1-6-18(19)25/h1-11H,12H2,(H,27,30)(H,28,31)/b26-11+. The number of non-ortho nitro benzene ring substituents is 1. The van der Waals surface area contributed by atoms with Gasteiger partial charge in [0, 0.05) is 17.7 Å². The van der Waals surface area contributed by atoms with Crippen molar-refractivity contribution in [1.29, 1.82) is 0 Å². The molecular weight excluding hydrogens is 596 g/mol. The molecule has 0 saturated carbocycles. The van der Waals surface area contributed by atoms with Crippen molar-refractivity contribution in [2.75, 3.05) is 11.9 Å². The van der Waals surface area contributed by atoms with Crippen molar-refractivity contribution >= 4 is 72.9 Å². The quantitative estimate of drug-likeness (QED) is 0.197. The number of halogens is 3. The van der Waals surface area contributed by atoms with Crippen LogP contribution in [-0.2, 0) is 4.79 Å². The molecule has 12 heteroatoms. The van der Waals surface area contributed by atoms with Crippen molar-refractivity contribution in [3.05, 3.63) is 95.9 Å². The number of ether oxygens (including phenoxy) is 1. The number of carbonyl (C=O) groups excluding carboxylic acids is 2. The molecule has 0 aliphatic heterocycles. The van der Waals surface area contributed by atoms with Crippen molar-refractivity contribution in [3.63, 3.8) is 0 Å². The van der Waals surface area contributed by atoms with E-state index in [-0.39, 0.29) is 23.8 Å². The van der Waals surface area contributed by atoms with Crippen LogP contribution >= 0.6 is 43.5 Å². The Balaban J connectivity index is 1.60. The van der Waals surface area contributed by atoms with Gasteiger partial charge >= 0.3 is 0 Å². The van der Waals surface area contributed by atoms with Crippen LogP contribution in [0.1, 0.15) is 15.9 Å². The molecule has 0 unspecified atom stereocenters. The molecule has 2 amide bonds. The molecule has 0 aliphatic rings. The van der Waals surface area contributed by atoms with Crippen LogP contribution in [-0.4, -0.2) is 29.6 Å². The molecule has 2 N–H and O–H groups in total. The van der Waals surface area contributed by atoms with E-state index in [1.165, 1.54) is 24.4 Å². The zero-order chi connectivity index (χ0) is 24.7. The van der Waals surface area contributed by atoms with Crippen molar-refractivity contribution in [2.24, 2.45) is 5.10 Å². The maximum absolute atomic E-state index is 12.2. The lowest BCUT2D eigenvalue weighted by Crippen LogP contribution is -2.20. The van der Waals surface area contributed by atoms with Crippen LogP contribution in [0.3, 0.4) is 0 Å². The van der Waals surface area contributed by atoms with Gasteiger partial charge in [0.2, 0.25) is 0 Å². The highest BCUT2D eigenvalue weighted by Gasteiger charge is 2.13. The summed E-state index contributed by atoms with van der Waals surface area (Å²) in [6.45, 7) is -0.255. The monoisotopic (exact) mass is 608 g/mol. The summed E-state index contributed by atoms with van der Waals surface area (Å²) in [5, 5.41) is 17.8. The summed E-state index contributed by atoms with van der Waals surface area (Å²) in [5.41, 5.74) is 3.31. The van der Waals surface area contributed by atoms with Crippen LogP contribution in [0.15, 0.2) is 74.7 Å². The van der Waals surface area contributed by atoms with E-state index in [9.17, 15) is 19.7 Å². The van der Waals surface area contributed by atoms with Gasteiger partial charge in [0.1, 0.15) is 5.75 Å². The predicted molar refractivity (Wildman–Crippen MR) is 136 cm³/mol. The molecule has 3 rings (SSSR count). The Morgan fingerprint density at radius 3 is 2.47 bits per heavy atom. The molecule has 3 aromatic rings. The fraction of sp³-hybridized carbons (Fsp3) is 0.0455. The number of carbonyl (C=O) groups is 2. The number of benzene rings is 3. The first kappa shape index (κ1) is 25.3. The summed E-state index contributed by atoms with van der Waals surface area (Å²) in [7, 11) is 0. The zero-order valence-electron chi connectivity index (χ0n) is 17.1. The molecular formula is C22H15Br2ClN4O5. The van der Waals surface area contributed by atoms with E-state index in [1.807, 2.05) is 0 Å². The zero-order valence-corrected chi connectivity index (χ0v) is 21.1. The number of nitrogens with zero attached hydrogens (tertiary/aromatic N) is 2. The summed E-state index contributed by atoms with van der Waals surface area (Å²) in [6.07, 6.45) is 1.39. The number of rotatable bonds is 8. The van der Waals surface area contributed by atoms with Crippen LogP contribution in [0, 0.1) is 10.1 Å². The van der Waals surface area contributed by atoms with E-state index in [4.69, 9.17) is 16.3 Å². The number of hydrogen-bond donors (Lipinski definition) is 2. The van der Waals surface area contributed by atoms with Gasteiger partial charge in [0.25, 0.3) is 17.5 Å². The Morgan fingerprint density at radius 1 is 1.09 bits per heavy atom. The average molecular weight is 611 g/mol. The Bertz CT molecular complexity index is 1260. The van der Waals surface area contributed by atoms with E-state index in [1.54, 1.807) is 36.4 Å². The van der Waals surface area contributed by atoms with Gasteiger partial charge in [0.15, 0.2) is 6.61 Å². The first-order valence-electron chi connectivity index (χ1n) is 9.48. The van der Waals surface area contributed by atoms with Crippen LogP contribution < -0.4 is 15.5 Å². The van der Waals surface area contributed by atoms with Crippen molar-refractivity contribution in [1.82, 2.24) is 5.43 Å². The van der Waals surface area contributed by atoms with Gasteiger partial charge in [-0.15, -0.1) is 0 Å². The number of anilines is 1. The Labute approximate surface area is 215 Å². The van der Waals surface area contributed by atoms with Gasteiger partial charge < -0.3 is 10.1 Å². The topological polar surface area (TPSA) is 123 Å². The van der Waals surface area contributed by atoms with Crippen LogP contribution in [0.4, 0.5) is 11.4 Å². The minimum absolute atomic E-state index is 0.104. The highest BCUT2D eigenvalue weighted by Crippen LogP contribution is 2.34. The van der Waals surface area contributed by atoms with E-state index in [2.05, 4.69) is 47.7 Å². The fourth-order valence-electron chi connectivity index (χ4n) is 2.67. The number of nitro benzene ring substituents is 1. The molecule has 0 atom stereocenters. The maximum atomic E-state index is 12.2. The van der Waals surface area contributed by atoms with E-state index in [0.29, 0.717) is 31.0 Å². The largest absolute Gasteiger partial charge is 0.481 e. The highest BCUT2D eigenvalue weighted by atomic mass is 79.9. The third-order valence-electron chi connectivity index (χ3n) is 4.22. The third-order valence-corrected chi connectivity index (χ3v) is 5.72. The Hall–Kier alpha value is -3.28. The van der Waals surface area contributed by atoms with Gasteiger partial charge in [-0.05, 0) is 67.8 Å². The Kier molecular flexibility index (Phi) is 8.74. The molecule has 0 aromatic heterocycles. The molecule has 9 nitrogen and oxygen atoms in total. The minimum atomic E-state index is -0.595. The van der Waals surface area contributed by atoms with E-state index in [0.717, 1.165) is 6.07 Å².